The van der Waals surface area contributed by atoms with Gasteiger partial charge in [0, 0.05) is 25.7 Å². The van der Waals surface area contributed by atoms with Gasteiger partial charge in [0.2, 0.25) is 0 Å². The minimum Gasteiger partial charge on any atom is -0.462 e. The summed E-state index contributed by atoms with van der Waals surface area (Å²) in [6, 6.07) is 0. The Bertz CT molecular complexity index is 2030. The standard InChI is InChI=1S/C89H174O17P2/c1-5-9-13-17-21-25-29-33-36-38-40-41-43-45-48-52-56-60-64-68-72-76-89(94)106-85(80-100-87(92)74-70-66-62-58-54-50-47-44-42-39-37-34-30-26-22-18-14-10-6-2)82-104-108(97,98)102-78-83(90)77-101-107(95,96)103-81-84(79-99-86(91)73-69-65-61-57-53-49-32-28-24-20-16-12-8-4)105-88(93)75-71-67-63-59-55-51-46-35-31-27-23-19-15-11-7-3/h83-85,90H,5-82H2,1-4H3,(H,95,96)(H,97,98)/t83-,84+,85+/m0/s1. The molecule has 0 aromatic heterocycles. The summed E-state index contributed by atoms with van der Waals surface area (Å²) in [6.45, 7) is 5.08. The van der Waals surface area contributed by atoms with Gasteiger partial charge >= 0.3 is 39.5 Å². The first-order chi connectivity index (χ1) is 52.7. The zero-order valence-electron chi connectivity index (χ0n) is 70.8. The number of hydrogen-bond donors (Lipinski definition) is 3. The fourth-order valence-corrected chi connectivity index (χ4v) is 15.6. The molecule has 0 aliphatic rings. The average molecular weight is 1580 g/mol. The number of aliphatic hydroxyl groups excluding tert-OH is 1. The van der Waals surface area contributed by atoms with Crippen molar-refractivity contribution in [1.82, 2.24) is 0 Å². The molecule has 0 bridgehead atoms. The van der Waals surface area contributed by atoms with E-state index in [1.165, 1.54) is 321 Å². The summed E-state index contributed by atoms with van der Waals surface area (Å²) < 4.78 is 69.0. The van der Waals surface area contributed by atoms with E-state index in [1.54, 1.807) is 0 Å². The smallest absolute Gasteiger partial charge is 0.462 e. The first kappa shape index (κ1) is 106. The molecule has 0 saturated heterocycles. The van der Waals surface area contributed by atoms with Crippen molar-refractivity contribution in [2.75, 3.05) is 39.6 Å². The number of unbranched alkanes of at least 4 members (excludes halogenated alkanes) is 64. The largest absolute Gasteiger partial charge is 0.472 e. The lowest BCUT2D eigenvalue weighted by molar-refractivity contribution is -0.161. The van der Waals surface area contributed by atoms with Crippen molar-refractivity contribution in [2.45, 2.75) is 508 Å². The van der Waals surface area contributed by atoms with E-state index in [0.29, 0.717) is 25.7 Å². The molecular weight excluding hydrogens is 1400 g/mol. The second kappa shape index (κ2) is 83.0. The van der Waals surface area contributed by atoms with Crippen LogP contribution in [0.25, 0.3) is 0 Å². The van der Waals surface area contributed by atoms with Gasteiger partial charge in [-0.3, -0.25) is 37.3 Å². The predicted molar refractivity (Wildman–Crippen MR) is 446 cm³/mol. The number of ether oxygens (including phenoxy) is 4. The number of phosphoric ester groups is 2. The van der Waals surface area contributed by atoms with E-state index in [4.69, 9.17) is 37.0 Å². The van der Waals surface area contributed by atoms with E-state index in [9.17, 15) is 43.2 Å². The number of carbonyl (C=O) groups excluding carboxylic acids is 4. The van der Waals surface area contributed by atoms with E-state index in [1.807, 2.05) is 0 Å². The lowest BCUT2D eigenvalue weighted by atomic mass is 10.0. The molecule has 2 unspecified atom stereocenters. The van der Waals surface area contributed by atoms with Crippen LogP contribution in [-0.2, 0) is 65.4 Å². The summed E-state index contributed by atoms with van der Waals surface area (Å²) in [6.07, 6.45) is 79.1. The van der Waals surface area contributed by atoms with Gasteiger partial charge in [-0.05, 0) is 25.7 Å². The Morgan fingerprint density at radius 3 is 0.546 bits per heavy atom. The number of hydrogen-bond acceptors (Lipinski definition) is 15. The van der Waals surface area contributed by atoms with Crippen LogP contribution in [0.5, 0.6) is 0 Å². The molecule has 0 aromatic rings. The second-order valence-electron chi connectivity index (χ2n) is 32.0. The molecule has 108 heavy (non-hydrogen) atoms. The number of aliphatic hydroxyl groups is 1. The Hall–Kier alpha value is -1.94. The molecule has 5 atom stereocenters. The monoisotopic (exact) mass is 1580 g/mol. The topological polar surface area (TPSA) is 237 Å². The quantitative estimate of drug-likeness (QED) is 0.0222. The van der Waals surface area contributed by atoms with Gasteiger partial charge < -0.3 is 33.8 Å². The molecule has 0 radical (unpaired) electrons. The van der Waals surface area contributed by atoms with Crippen LogP contribution in [0.15, 0.2) is 0 Å². The highest BCUT2D eigenvalue weighted by Gasteiger charge is 2.30. The Labute approximate surface area is 664 Å². The SMILES string of the molecule is CCCCCCCCCCCCCCCCCCCCCCCC(=O)O[C@H](COC(=O)CCCCCCCCCCCCCCCCCCCCC)COP(=O)(O)OC[C@@H](O)COP(=O)(O)OC[C@@H](COC(=O)CCCCCCCCCCCCCCC)OC(=O)CCCCCCCCCCCCCCCCC. The van der Waals surface area contributed by atoms with Gasteiger partial charge in [-0.15, -0.1) is 0 Å². The summed E-state index contributed by atoms with van der Waals surface area (Å²) in [7, 11) is -9.93. The van der Waals surface area contributed by atoms with Gasteiger partial charge in [-0.2, -0.15) is 0 Å². The molecule has 0 saturated carbocycles. The van der Waals surface area contributed by atoms with Gasteiger partial charge in [0.15, 0.2) is 12.2 Å². The lowest BCUT2D eigenvalue weighted by Crippen LogP contribution is -2.30. The van der Waals surface area contributed by atoms with Gasteiger partial charge in [-0.1, -0.05) is 439 Å². The van der Waals surface area contributed by atoms with Crippen LogP contribution in [0, 0.1) is 0 Å². The van der Waals surface area contributed by atoms with E-state index in [-0.39, 0.29) is 25.7 Å². The van der Waals surface area contributed by atoms with Crippen molar-refractivity contribution >= 4 is 39.5 Å². The van der Waals surface area contributed by atoms with Crippen molar-refractivity contribution in [3.63, 3.8) is 0 Å². The fourth-order valence-electron chi connectivity index (χ4n) is 14.1. The summed E-state index contributed by atoms with van der Waals surface area (Å²) in [5.74, 6) is -2.09. The zero-order valence-corrected chi connectivity index (χ0v) is 72.6. The Balaban J connectivity index is 5.25. The van der Waals surface area contributed by atoms with Crippen LogP contribution in [0.2, 0.25) is 0 Å². The van der Waals surface area contributed by atoms with Gasteiger partial charge in [0.1, 0.15) is 19.3 Å². The molecule has 0 aliphatic heterocycles. The predicted octanol–water partition coefficient (Wildman–Crippen LogP) is 27.7. The Morgan fingerprint density at radius 1 is 0.222 bits per heavy atom. The Morgan fingerprint density at radius 2 is 0.370 bits per heavy atom. The molecule has 0 spiro atoms. The van der Waals surface area contributed by atoms with Crippen molar-refractivity contribution in [2.24, 2.45) is 0 Å². The minimum absolute atomic E-state index is 0.109. The highest BCUT2D eigenvalue weighted by molar-refractivity contribution is 7.47. The molecule has 0 amide bonds. The maximum absolute atomic E-state index is 13.2. The van der Waals surface area contributed by atoms with E-state index in [0.717, 1.165) is 89.9 Å². The van der Waals surface area contributed by atoms with E-state index in [2.05, 4.69) is 27.7 Å². The molecular formula is C89H174O17P2. The van der Waals surface area contributed by atoms with Crippen molar-refractivity contribution < 1.29 is 80.2 Å². The molecule has 0 aliphatic carbocycles. The molecule has 0 rings (SSSR count). The van der Waals surface area contributed by atoms with Crippen molar-refractivity contribution in [1.29, 1.82) is 0 Å². The number of rotatable bonds is 90. The zero-order chi connectivity index (χ0) is 78.9. The molecule has 0 aromatic carbocycles. The van der Waals surface area contributed by atoms with Crippen LogP contribution in [0.1, 0.15) is 490 Å². The number of esters is 4. The molecule has 0 heterocycles. The first-order valence-electron chi connectivity index (χ1n) is 46.3. The Kier molecular flexibility index (Phi) is 81.5. The minimum atomic E-state index is -4.97. The van der Waals surface area contributed by atoms with Crippen LogP contribution in [-0.4, -0.2) is 96.7 Å². The average Bonchev–Trinajstić information content (AvgIpc) is 0.907. The maximum atomic E-state index is 13.2. The highest BCUT2D eigenvalue weighted by atomic mass is 31.2. The van der Waals surface area contributed by atoms with Gasteiger partial charge in [-0.25, -0.2) is 9.13 Å². The molecule has 3 N–H and O–H groups in total. The normalized spacial score (nSPS) is 13.7. The van der Waals surface area contributed by atoms with Crippen LogP contribution in [0.4, 0.5) is 0 Å². The maximum Gasteiger partial charge on any atom is 0.472 e. The second-order valence-corrected chi connectivity index (χ2v) is 34.9. The molecule has 17 nitrogen and oxygen atoms in total. The number of carbonyl (C=O) groups is 4. The van der Waals surface area contributed by atoms with Crippen LogP contribution >= 0.6 is 15.6 Å². The summed E-state index contributed by atoms with van der Waals surface area (Å²) in [5.41, 5.74) is 0. The molecule has 0 fully saturated rings. The fraction of sp³-hybridized carbons (Fsp3) is 0.955. The van der Waals surface area contributed by atoms with E-state index >= 15 is 0 Å². The van der Waals surface area contributed by atoms with Crippen molar-refractivity contribution in [3.05, 3.63) is 0 Å². The first-order valence-corrected chi connectivity index (χ1v) is 49.3. The van der Waals surface area contributed by atoms with Crippen molar-refractivity contribution in [3.8, 4) is 0 Å². The summed E-state index contributed by atoms with van der Waals surface area (Å²) in [4.78, 5) is 73.4. The third kappa shape index (κ3) is 82.1. The van der Waals surface area contributed by atoms with Crippen LogP contribution in [0.3, 0.4) is 0 Å². The summed E-state index contributed by atoms with van der Waals surface area (Å²) >= 11 is 0. The highest BCUT2D eigenvalue weighted by Crippen LogP contribution is 2.45. The summed E-state index contributed by atoms with van der Waals surface area (Å²) in [5, 5.41) is 10.7. The van der Waals surface area contributed by atoms with Gasteiger partial charge in [0.05, 0.1) is 26.4 Å². The third-order valence-electron chi connectivity index (χ3n) is 21.1. The third-order valence-corrected chi connectivity index (χ3v) is 23.0. The van der Waals surface area contributed by atoms with E-state index < -0.39 is 97.5 Å². The van der Waals surface area contributed by atoms with Crippen LogP contribution < -0.4 is 0 Å². The molecule has 642 valence electrons. The molecule has 19 heteroatoms. The lowest BCUT2D eigenvalue weighted by Gasteiger charge is -2.21. The number of phosphoric acid groups is 2. The van der Waals surface area contributed by atoms with Gasteiger partial charge in [0.25, 0.3) is 0 Å².